The van der Waals surface area contributed by atoms with Crippen molar-refractivity contribution in [2.45, 2.75) is 13.8 Å². The predicted octanol–water partition coefficient (Wildman–Crippen LogP) is 1.80. The van der Waals surface area contributed by atoms with Gasteiger partial charge >= 0.3 is 6.03 Å². The number of methoxy groups -OCH3 is 1. The minimum absolute atomic E-state index is 0.0264. The number of hydrazine groups is 1. The molecule has 3 aromatic rings. The van der Waals surface area contributed by atoms with Gasteiger partial charge in [0.05, 0.1) is 18.4 Å². The summed E-state index contributed by atoms with van der Waals surface area (Å²) in [4.78, 5) is 42.2. The molecule has 35 heavy (non-hydrogen) atoms. The molecule has 0 saturated carbocycles. The van der Waals surface area contributed by atoms with Crippen molar-refractivity contribution < 1.29 is 19.1 Å². The Morgan fingerprint density at radius 2 is 1.97 bits per heavy atom. The lowest BCUT2D eigenvalue weighted by Crippen LogP contribution is -2.50. The molecule has 0 saturated heterocycles. The lowest BCUT2D eigenvalue weighted by atomic mass is 9.92. The second-order valence-corrected chi connectivity index (χ2v) is 8.18. The summed E-state index contributed by atoms with van der Waals surface area (Å²) in [6, 6.07) is 6.10. The van der Waals surface area contributed by atoms with Crippen LogP contribution in [0, 0.1) is 11.3 Å². The summed E-state index contributed by atoms with van der Waals surface area (Å²) in [5, 5.41) is 13.9. The molecule has 4 amide bonds. The molecule has 1 aromatic carbocycles. The van der Waals surface area contributed by atoms with Crippen LogP contribution in [0.1, 0.15) is 39.4 Å². The van der Waals surface area contributed by atoms with Crippen LogP contribution in [0.2, 0.25) is 0 Å². The molecular weight excluding hydrogens is 472 g/mol. The highest BCUT2D eigenvalue weighted by atomic mass is 32.1. The van der Waals surface area contributed by atoms with Gasteiger partial charge in [0, 0.05) is 24.0 Å². The fourth-order valence-electron chi connectivity index (χ4n) is 3.52. The van der Waals surface area contributed by atoms with Gasteiger partial charge in [-0.25, -0.2) is 20.2 Å². The second kappa shape index (κ2) is 10.1. The quantitative estimate of drug-likeness (QED) is 0.318. The third-order valence-corrected chi connectivity index (χ3v) is 6.22. The molecule has 8 N–H and O–H groups in total. The van der Waals surface area contributed by atoms with Crippen LogP contribution < -0.4 is 32.7 Å². The van der Waals surface area contributed by atoms with Gasteiger partial charge in [-0.3, -0.25) is 9.59 Å². The van der Waals surface area contributed by atoms with Crippen LogP contribution in [0.15, 0.2) is 18.2 Å². The Kier molecular flexibility index (Phi) is 7.26. The van der Waals surface area contributed by atoms with Crippen molar-refractivity contribution >= 4 is 50.9 Å². The monoisotopic (exact) mass is 496 g/mol. The molecule has 0 aliphatic carbocycles. The number of carbonyl (C=O) groups excluding carboxylic acids is 3. The number of anilines is 2. The Labute approximate surface area is 204 Å². The molecule has 0 bridgehead atoms. The summed E-state index contributed by atoms with van der Waals surface area (Å²) in [6.07, 6.45) is 0. The highest BCUT2D eigenvalue weighted by molar-refractivity contribution is 7.21. The number of fused-ring (bicyclic) bond motifs is 1. The van der Waals surface area contributed by atoms with Crippen molar-refractivity contribution in [2.24, 2.45) is 5.73 Å². The predicted molar refractivity (Wildman–Crippen MR) is 133 cm³/mol. The number of ether oxygens (including phenoxy) is 1. The number of carbonyl (C=O) groups is 3. The van der Waals surface area contributed by atoms with Crippen molar-refractivity contribution in [1.29, 1.82) is 5.26 Å². The summed E-state index contributed by atoms with van der Waals surface area (Å²) in [5.41, 5.74) is 20.9. The molecule has 0 atom stereocenters. The van der Waals surface area contributed by atoms with Crippen LogP contribution >= 0.6 is 11.3 Å². The zero-order chi connectivity index (χ0) is 25.9. The number of nitrogens with zero attached hydrogens (tertiary/aromatic N) is 3. The van der Waals surface area contributed by atoms with E-state index in [-0.39, 0.29) is 55.4 Å². The third kappa shape index (κ3) is 4.59. The summed E-state index contributed by atoms with van der Waals surface area (Å²) < 4.78 is 5.30. The Bertz CT molecular complexity index is 1380. The zero-order valence-corrected chi connectivity index (χ0v) is 20.1. The van der Waals surface area contributed by atoms with E-state index < -0.39 is 17.8 Å². The van der Waals surface area contributed by atoms with Crippen molar-refractivity contribution in [3.8, 4) is 22.9 Å². The van der Waals surface area contributed by atoms with Crippen molar-refractivity contribution in [1.82, 2.24) is 20.7 Å². The van der Waals surface area contributed by atoms with E-state index in [1.54, 1.807) is 26.0 Å². The smallest absolute Gasteiger partial charge is 0.333 e. The average molecular weight is 497 g/mol. The number of hydrogen-bond donors (Lipinski definition) is 5. The average Bonchev–Trinajstić information content (AvgIpc) is 3.16. The standard InChI is InChI=1S/C22H24N8O4S/c1-4-27-22(33)29-30(5-2)21(32)12-8-10(34-3)6-7-11(12)14-13(9-23)18(25)28-20-15(14)16(24)17(35-20)19(26)31/h6-8H,4-5,24H2,1-3H3,(H2,25,28)(H2,26,31)(H2,27,29,33). The van der Waals surface area contributed by atoms with Gasteiger partial charge in [0.2, 0.25) is 0 Å². The number of thiophene rings is 1. The van der Waals surface area contributed by atoms with E-state index in [9.17, 15) is 19.6 Å². The molecule has 0 unspecified atom stereocenters. The molecule has 0 aliphatic rings. The molecular formula is C22H24N8O4S. The molecule has 0 radical (unpaired) electrons. The normalized spacial score (nSPS) is 10.5. The summed E-state index contributed by atoms with van der Waals surface area (Å²) in [5.74, 6) is -1.08. The lowest BCUT2D eigenvalue weighted by Gasteiger charge is -2.24. The molecule has 182 valence electrons. The molecule has 0 fully saturated rings. The number of nitrogen functional groups attached to an aromatic ring is 2. The van der Waals surface area contributed by atoms with Crippen LogP contribution in [0.25, 0.3) is 21.3 Å². The Morgan fingerprint density at radius 3 is 2.54 bits per heavy atom. The van der Waals surface area contributed by atoms with Gasteiger partial charge in [-0.05, 0) is 37.6 Å². The van der Waals surface area contributed by atoms with E-state index in [0.29, 0.717) is 12.3 Å². The fourth-order valence-corrected chi connectivity index (χ4v) is 4.49. The maximum absolute atomic E-state index is 13.6. The van der Waals surface area contributed by atoms with E-state index >= 15 is 0 Å². The number of aromatic nitrogens is 1. The topological polar surface area (TPSA) is 202 Å². The molecule has 12 nitrogen and oxygen atoms in total. The van der Waals surface area contributed by atoms with Crippen LogP contribution in [0.4, 0.5) is 16.3 Å². The summed E-state index contributed by atoms with van der Waals surface area (Å²) in [6.45, 7) is 3.93. The Balaban J connectivity index is 2.35. The van der Waals surface area contributed by atoms with Gasteiger partial charge < -0.3 is 27.3 Å². The third-order valence-electron chi connectivity index (χ3n) is 5.10. The van der Waals surface area contributed by atoms with E-state index in [1.807, 2.05) is 6.07 Å². The molecule has 0 aliphatic heterocycles. The number of primary amides is 1. The molecule has 0 spiro atoms. The summed E-state index contributed by atoms with van der Waals surface area (Å²) >= 11 is 0.935. The van der Waals surface area contributed by atoms with Gasteiger partial charge in [-0.1, -0.05) is 0 Å². The molecule has 2 heterocycles. The first-order valence-electron chi connectivity index (χ1n) is 10.4. The van der Waals surface area contributed by atoms with Crippen LogP contribution in [0.5, 0.6) is 5.75 Å². The van der Waals surface area contributed by atoms with Gasteiger partial charge in [0.15, 0.2) is 0 Å². The molecule has 2 aromatic heterocycles. The minimum Gasteiger partial charge on any atom is -0.497 e. The minimum atomic E-state index is -0.761. The van der Waals surface area contributed by atoms with E-state index in [2.05, 4.69) is 15.7 Å². The highest BCUT2D eigenvalue weighted by Crippen LogP contribution is 2.44. The zero-order valence-electron chi connectivity index (χ0n) is 19.3. The number of hydrogen-bond acceptors (Lipinski definition) is 9. The van der Waals surface area contributed by atoms with Gasteiger partial charge in [0.1, 0.15) is 32.9 Å². The first-order valence-corrected chi connectivity index (χ1v) is 11.3. The first kappa shape index (κ1) is 25.1. The largest absolute Gasteiger partial charge is 0.497 e. The molecule has 13 heteroatoms. The number of nitrogens with one attached hydrogen (secondary N) is 2. The Hall–Kier alpha value is -4.57. The first-order chi connectivity index (χ1) is 16.7. The van der Waals surface area contributed by atoms with Gasteiger partial charge in [-0.15, -0.1) is 11.3 Å². The van der Waals surface area contributed by atoms with Crippen LogP contribution in [-0.2, 0) is 0 Å². The van der Waals surface area contributed by atoms with Crippen LogP contribution in [-0.4, -0.2) is 48.0 Å². The number of nitrogens with two attached hydrogens (primary N) is 3. The maximum Gasteiger partial charge on any atom is 0.333 e. The fraction of sp³-hybridized carbons (Fsp3) is 0.227. The van der Waals surface area contributed by atoms with E-state index in [0.717, 1.165) is 16.3 Å². The number of rotatable bonds is 6. The second-order valence-electron chi connectivity index (χ2n) is 7.18. The lowest BCUT2D eigenvalue weighted by molar-refractivity contribution is 0.0694. The number of benzene rings is 1. The van der Waals surface area contributed by atoms with Crippen LogP contribution in [0.3, 0.4) is 0 Å². The SMILES string of the molecule is CCNC(=O)NN(CC)C(=O)c1cc(OC)ccc1-c1c(C#N)c(N)nc2sc(C(N)=O)c(N)c12. The highest BCUT2D eigenvalue weighted by Gasteiger charge is 2.28. The van der Waals surface area contributed by atoms with E-state index in [1.165, 1.54) is 13.2 Å². The van der Waals surface area contributed by atoms with Crippen molar-refractivity contribution in [3.63, 3.8) is 0 Å². The number of pyridine rings is 1. The maximum atomic E-state index is 13.6. The Morgan fingerprint density at radius 1 is 1.26 bits per heavy atom. The number of urea groups is 1. The van der Waals surface area contributed by atoms with Gasteiger partial charge in [0.25, 0.3) is 11.8 Å². The van der Waals surface area contributed by atoms with Crippen molar-refractivity contribution in [2.75, 3.05) is 31.7 Å². The van der Waals surface area contributed by atoms with Gasteiger partial charge in [-0.2, -0.15) is 5.26 Å². The number of amides is 4. The summed E-state index contributed by atoms with van der Waals surface area (Å²) in [7, 11) is 1.44. The molecule has 3 rings (SSSR count). The van der Waals surface area contributed by atoms with E-state index in [4.69, 9.17) is 21.9 Å². The number of nitriles is 1. The van der Waals surface area contributed by atoms with Crippen molar-refractivity contribution in [3.05, 3.63) is 34.2 Å².